The Morgan fingerprint density at radius 3 is 2.88 bits per heavy atom. The molecule has 3 rings (SSSR count). The summed E-state index contributed by atoms with van der Waals surface area (Å²) in [7, 11) is 0. The molecule has 9 heteroatoms. The molecule has 1 aromatic carbocycles. The monoisotopic (exact) mass is 397 g/mol. The van der Waals surface area contributed by atoms with Crippen LogP contribution >= 0.6 is 23.2 Å². The third kappa shape index (κ3) is 3.30. The van der Waals surface area contributed by atoms with E-state index in [9.17, 15) is 14.7 Å². The summed E-state index contributed by atoms with van der Waals surface area (Å²) in [6, 6.07) is 5.05. The van der Waals surface area contributed by atoms with Crippen molar-refractivity contribution >= 4 is 29.1 Å². The van der Waals surface area contributed by atoms with Crippen molar-refractivity contribution in [3.8, 4) is 5.75 Å². The van der Waals surface area contributed by atoms with E-state index in [0.29, 0.717) is 22.2 Å². The van der Waals surface area contributed by atoms with Crippen LogP contribution in [0.25, 0.3) is 0 Å². The number of nitrogens with one attached hydrogen (secondary N) is 1. The molecule has 0 bridgehead atoms. The summed E-state index contributed by atoms with van der Waals surface area (Å²) < 4.78 is 6.93. The summed E-state index contributed by atoms with van der Waals surface area (Å²) in [5.41, 5.74) is -1.27. The van der Waals surface area contributed by atoms with Crippen LogP contribution in [-0.2, 0) is 23.4 Å². The van der Waals surface area contributed by atoms with Crippen molar-refractivity contribution in [2.24, 2.45) is 0 Å². The highest BCUT2D eigenvalue weighted by molar-refractivity contribution is 6.42. The molecule has 2 aromatic rings. The first-order chi connectivity index (χ1) is 12.2. The molecule has 0 fully saturated rings. The van der Waals surface area contributed by atoms with Gasteiger partial charge in [0, 0.05) is 6.54 Å². The summed E-state index contributed by atoms with van der Waals surface area (Å²) in [6.07, 6.45) is 0. The van der Waals surface area contributed by atoms with Gasteiger partial charge in [-0.25, -0.2) is 4.98 Å². The van der Waals surface area contributed by atoms with Gasteiger partial charge in [-0.15, -0.1) is 0 Å². The molecule has 1 aliphatic heterocycles. The van der Waals surface area contributed by atoms with E-state index >= 15 is 0 Å². The Hall–Kier alpha value is -2.09. The molecule has 138 valence electrons. The normalized spacial score (nSPS) is 15.4. The summed E-state index contributed by atoms with van der Waals surface area (Å²) in [5, 5.41) is 13.4. The molecule has 0 unspecified atom stereocenters. The lowest BCUT2D eigenvalue weighted by molar-refractivity contribution is -0.0566. The van der Waals surface area contributed by atoms with Gasteiger partial charge in [0.2, 0.25) is 5.75 Å². The molecule has 0 saturated carbocycles. The number of rotatable bonds is 3. The molecular weight excluding hydrogens is 381 g/mol. The zero-order valence-electron chi connectivity index (χ0n) is 14.2. The lowest BCUT2D eigenvalue weighted by Gasteiger charge is -2.32. The Morgan fingerprint density at radius 1 is 1.42 bits per heavy atom. The second kappa shape index (κ2) is 6.90. The molecule has 0 radical (unpaired) electrons. The molecule has 1 aromatic heterocycles. The molecule has 1 amide bonds. The van der Waals surface area contributed by atoms with Crippen LogP contribution in [0.1, 0.15) is 35.7 Å². The van der Waals surface area contributed by atoms with E-state index in [4.69, 9.17) is 27.9 Å². The topological polar surface area (TPSA) is 93.5 Å². The number of amides is 1. The van der Waals surface area contributed by atoms with E-state index in [2.05, 4.69) is 10.3 Å². The predicted molar refractivity (Wildman–Crippen MR) is 96.8 cm³/mol. The van der Waals surface area contributed by atoms with Crippen molar-refractivity contribution in [1.82, 2.24) is 14.9 Å². The number of fused-ring (bicyclic) bond motifs is 1. The summed E-state index contributed by atoms with van der Waals surface area (Å²) in [4.78, 5) is 29.1. The van der Waals surface area contributed by atoms with Crippen LogP contribution in [-0.4, -0.2) is 27.2 Å². The molecule has 26 heavy (non-hydrogen) atoms. The number of ether oxygens (including phenoxy) is 1. The Bertz CT molecular complexity index is 940. The maximum atomic E-state index is 12.5. The average molecular weight is 398 g/mol. The first-order valence-corrected chi connectivity index (χ1v) is 8.67. The summed E-state index contributed by atoms with van der Waals surface area (Å²) in [6.45, 7) is 4.14. The van der Waals surface area contributed by atoms with Gasteiger partial charge < -0.3 is 15.2 Å². The van der Waals surface area contributed by atoms with E-state index in [-0.39, 0.29) is 24.6 Å². The van der Waals surface area contributed by atoms with Crippen molar-refractivity contribution < 1.29 is 14.6 Å². The van der Waals surface area contributed by atoms with Gasteiger partial charge >= 0.3 is 0 Å². The van der Waals surface area contributed by atoms with Crippen LogP contribution in [0.5, 0.6) is 5.75 Å². The van der Waals surface area contributed by atoms with E-state index < -0.39 is 22.8 Å². The lowest BCUT2D eigenvalue weighted by Crippen LogP contribution is -2.42. The number of hydrogen-bond acceptors (Lipinski definition) is 5. The zero-order chi connectivity index (χ0) is 19.1. The standard InChI is InChI=1S/C17H17Cl2N3O4/c1-17(2)16-21-12(13(23)15(25)22(16)6-7-26-17)14(24)20-8-9-4-3-5-10(18)11(9)19/h3-5,23H,6-8H2,1-2H3,(H,20,24). The van der Waals surface area contributed by atoms with E-state index in [1.807, 2.05) is 0 Å². The fraction of sp³-hybridized carbons (Fsp3) is 0.353. The third-order valence-electron chi connectivity index (χ3n) is 4.15. The van der Waals surface area contributed by atoms with Crippen molar-refractivity contribution in [2.45, 2.75) is 32.5 Å². The molecule has 2 N–H and O–H groups in total. The molecule has 0 aliphatic carbocycles. The summed E-state index contributed by atoms with van der Waals surface area (Å²) in [5.74, 6) is -1.10. The van der Waals surface area contributed by atoms with Gasteiger partial charge in [0.25, 0.3) is 11.5 Å². The lowest BCUT2D eigenvalue weighted by atomic mass is 10.1. The number of carbonyl (C=O) groups is 1. The second-order valence-corrected chi connectivity index (χ2v) is 7.13. The van der Waals surface area contributed by atoms with Crippen LogP contribution in [0.3, 0.4) is 0 Å². The Labute approximate surface area is 159 Å². The number of nitrogens with zero attached hydrogens (tertiary/aromatic N) is 2. The number of aromatic nitrogens is 2. The minimum absolute atomic E-state index is 0.0671. The molecule has 0 atom stereocenters. The van der Waals surface area contributed by atoms with Crippen molar-refractivity contribution in [2.75, 3.05) is 6.61 Å². The van der Waals surface area contributed by atoms with Crippen molar-refractivity contribution in [3.63, 3.8) is 0 Å². The first-order valence-electron chi connectivity index (χ1n) is 7.91. The largest absolute Gasteiger partial charge is 0.501 e. The second-order valence-electron chi connectivity index (χ2n) is 6.34. The van der Waals surface area contributed by atoms with Crippen LogP contribution in [0.15, 0.2) is 23.0 Å². The van der Waals surface area contributed by atoms with Crippen molar-refractivity contribution in [3.05, 3.63) is 55.7 Å². The molecule has 7 nitrogen and oxygen atoms in total. The SMILES string of the molecule is CC1(C)OCCn2c1nc(C(=O)NCc1cccc(Cl)c1Cl)c(O)c2=O. The number of benzene rings is 1. The Morgan fingerprint density at radius 2 is 2.15 bits per heavy atom. The Balaban J connectivity index is 1.92. The minimum Gasteiger partial charge on any atom is -0.501 e. The van der Waals surface area contributed by atoms with Gasteiger partial charge in [-0.05, 0) is 25.5 Å². The maximum Gasteiger partial charge on any atom is 0.296 e. The van der Waals surface area contributed by atoms with E-state index in [0.717, 1.165) is 0 Å². The number of hydrogen-bond donors (Lipinski definition) is 2. The van der Waals surface area contributed by atoms with Gasteiger partial charge in [0.05, 0.1) is 23.2 Å². The number of aromatic hydroxyl groups is 1. The van der Waals surface area contributed by atoms with Gasteiger partial charge in [-0.3, -0.25) is 14.2 Å². The molecule has 0 saturated heterocycles. The fourth-order valence-electron chi connectivity index (χ4n) is 2.77. The van der Waals surface area contributed by atoms with Gasteiger partial charge in [-0.1, -0.05) is 35.3 Å². The van der Waals surface area contributed by atoms with Crippen molar-refractivity contribution in [1.29, 1.82) is 0 Å². The van der Waals surface area contributed by atoms with Gasteiger partial charge in [0.1, 0.15) is 11.4 Å². The number of halogens is 2. The Kier molecular flexibility index (Phi) is 4.96. The van der Waals surface area contributed by atoms with Crippen LogP contribution < -0.4 is 10.9 Å². The zero-order valence-corrected chi connectivity index (χ0v) is 15.7. The van der Waals surface area contributed by atoms with Gasteiger partial charge in [-0.2, -0.15) is 0 Å². The highest BCUT2D eigenvalue weighted by Crippen LogP contribution is 2.28. The summed E-state index contributed by atoms with van der Waals surface area (Å²) >= 11 is 12.0. The minimum atomic E-state index is -0.851. The van der Waals surface area contributed by atoms with Gasteiger partial charge in [0.15, 0.2) is 5.69 Å². The molecular formula is C17H17Cl2N3O4. The predicted octanol–water partition coefficient (Wildman–Crippen LogP) is 2.45. The highest BCUT2D eigenvalue weighted by atomic mass is 35.5. The van der Waals surface area contributed by atoms with E-state index in [1.54, 1.807) is 32.0 Å². The molecule has 1 aliphatic rings. The fourth-order valence-corrected chi connectivity index (χ4v) is 3.16. The number of carbonyl (C=O) groups excluding carboxylic acids is 1. The average Bonchev–Trinajstić information content (AvgIpc) is 2.59. The smallest absolute Gasteiger partial charge is 0.296 e. The maximum absolute atomic E-state index is 12.5. The first kappa shape index (κ1) is 18.7. The van der Waals surface area contributed by atoms with Crippen LogP contribution in [0, 0.1) is 0 Å². The van der Waals surface area contributed by atoms with Crippen LogP contribution in [0.4, 0.5) is 0 Å². The molecule has 2 heterocycles. The third-order valence-corrected chi connectivity index (χ3v) is 5.01. The molecule has 0 spiro atoms. The quantitative estimate of drug-likeness (QED) is 0.829. The van der Waals surface area contributed by atoms with Crippen LogP contribution in [0.2, 0.25) is 10.0 Å². The van der Waals surface area contributed by atoms with E-state index in [1.165, 1.54) is 4.57 Å². The highest BCUT2D eigenvalue weighted by Gasteiger charge is 2.34.